The molecule has 47 heavy (non-hydrogen) atoms. The summed E-state index contributed by atoms with van der Waals surface area (Å²) < 4.78 is 23.8. The SMILES string of the molecule is COc1ccccc1[C@H](CN1C(=O)C2(CCN(C(=O)NCC(=O)O)CC2)C(=O)C2C(C)=C(c3ncco3)SC21C)OC1CCOCC1. The van der Waals surface area contributed by atoms with Crippen molar-refractivity contribution in [1.82, 2.24) is 20.1 Å². The Morgan fingerprint density at radius 3 is 2.57 bits per heavy atom. The molecule has 0 radical (unpaired) electrons. The number of carbonyl (C=O) groups is 4. The van der Waals surface area contributed by atoms with Gasteiger partial charge in [-0.1, -0.05) is 30.0 Å². The second-order valence-corrected chi connectivity index (χ2v) is 14.0. The molecule has 0 bridgehead atoms. The third-order valence-electron chi connectivity index (χ3n) is 9.84. The average Bonchev–Trinajstić information content (AvgIpc) is 3.71. The van der Waals surface area contributed by atoms with Gasteiger partial charge in [0.2, 0.25) is 11.8 Å². The maximum atomic E-state index is 15.0. The summed E-state index contributed by atoms with van der Waals surface area (Å²) >= 11 is 1.40. The summed E-state index contributed by atoms with van der Waals surface area (Å²) in [7, 11) is 1.60. The zero-order valence-corrected chi connectivity index (χ0v) is 27.5. The Morgan fingerprint density at radius 1 is 1.19 bits per heavy atom. The van der Waals surface area contributed by atoms with Gasteiger partial charge >= 0.3 is 12.0 Å². The van der Waals surface area contributed by atoms with Gasteiger partial charge in [-0.25, -0.2) is 9.78 Å². The number of ketones is 1. The standard InChI is InChI=1S/C33H40N4O9S/c1-20-26-28(40)33(10-13-36(14-11-33)31(42)35-18-25(38)39)30(41)37(32(26,2)47-27(20)29-34-12-17-45-29)19-24(46-21-8-15-44-16-9-21)22-6-4-5-7-23(22)43-3/h4-7,12,17,21,24,26H,8-11,13-16,18-19H2,1-3H3,(H,35,42)(H,38,39)/t24-,26?,32?/m0/s1. The predicted molar refractivity (Wildman–Crippen MR) is 170 cm³/mol. The van der Waals surface area contributed by atoms with E-state index in [2.05, 4.69) is 10.3 Å². The molecule has 5 heterocycles. The zero-order valence-electron chi connectivity index (χ0n) is 26.7. The van der Waals surface area contributed by atoms with Gasteiger partial charge in [-0.05, 0) is 51.2 Å². The van der Waals surface area contributed by atoms with Crippen molar-refractivity contribution < 1.29 is 42.9 Å². The number of nitrogens with zero attached hydrogens (tertiary/aromatic N) is 3. The smallest absolute Gasteiger partial charge is 0.323 e. The number of rotatable bonds is 9. The number of hydrogen-bond donors (Lipinski definition) is 2. The Balaban J connectivity index is 1.38. The number of benzene rings is 1. The molecule has 14 heteroatoms. The van der Waals surface area contributed by atoms with Crippen LogP contribution in [-0.2, 0) is 23.9 Å². The number of carbonyl (C=O) groups excluding carboxylic acids is 3. The van der Waals surface area contributed by atoms with Crippen LogP contribution in [0.4, 0.5) is 4.79 Å². The fraction of sp³-hybridized carbons (Fsp3) is 0.545. The van der Waals surface area contributed by atoms with Crippen LogP contribution in [-0.4, -0.2) is 101 Å². The third kappa shape index (κ3) is 6.02. The minimum atomic E-state index is -1.38. The molecule has 6 rings (SSSR count). The number of fused-ring (bicyclic) bond motifs is 1. The van der Waals surface area contributed by atoms with Gasteiger partial charge in [-0.15, -0.1) is 0 Å². The lowest BCUT2D eigenvalue weighted by molar-refractivity contribution is -0.170. The number of ether oxygens (including phenoxy) is 3. The van der Waals surface area contributed by atoms with Crippen LogP contribution >= 0.6 is 11.8 Å². The predicted octanol–water partition coefficient (Wildman–Crippen LogP) is 3.72. The molecule has 1 aromatic carbocycles. The Bertz CT molecular complexity index is 1550. The van der Waals surface area contributed by atoms with Gasteiger partial charge in [0, 0.05) is 31.9 Å². The number of hydrogen-bond acceptors (Lipinski definition) is 10. The Morgan fingerprint density at radius 2 is 1.91 bits per heavy atom. The van der Waals surface area contributed by atoms with Crippen molar-refractivity contribution in [3.8, 4) is 5.75 Å². The number of thioether (sulfide) groups is 1. The number of oxazole rings is 1. The molecular formula is C33H40N4O9S. The molecule has 4 aliphatic rings. The van der Waals surface area contributed by atoms with E-state index in [-0.39, 0.29) is 50.3 Å². The highest BCUT2D eigenvalue weighted by atomic mass is 32.2. The molecule has 13 nitrogen and oxygen atoms in total. The molecule has 0 saturated carbocycles. The third-order valence-corrected chi connectivity index (χ3v) is 11.4. The van der Waals surface area contributed by atoms with Crippen LogP contribution in [0.5, 0.6) is 5.75 Å². The monoisotopic (exact) mass is 668 g/mol. The number of piperidine rings is 2. The zero-order chi connectivity index (χ0) is 33.3. The fourth-order valence-corrected chi connectivity index (χ4v) is 8.91. The van der Waals surface area contributed by atoms with Crippen LogP contribution in [0.15, 0.2) is 46.7 Å². The van der Waals surface area contributed by atoms with Crippen molar-refractivity contribution in [2.24, 2.45) is 11.3 Å². The molecule has 2 unspecified atom stereocenters. The highest BCUT2D eigenvalue weighted by Crippen LogP contribution is 2.61. The van der Waals surface area contributed by atoms with Crippen LogP contribution in [0.1, 0.15) is 57.1 Å². The lowest BCUT2D eigenvalue weighted by atomic mass is 9.63. The van der Waals surface area contributed by atoms with Gasteiger partial charge < -0.3 is 38.9 Å². The summed E-state index contributed by atoms with van der Waals surface area (Å²) in [5.41, 5.74) is 0.194. The number of amides is 3. The Hall–Kier alpha value is -3.88. The number of aromatic nitrogens is 1. The molecule has 252 valence electrons. The Labute approximate surface area is 277 Å². The highest BCUT2D eigenvalue weighted by molar-refractivity contribution is 8.09. The number of carboxylic acid groups (broad SMARTS) is 1. The molecule has 3 fully saturated rings. The molecule has 1 aromatic heterocycles. The minimum Gasteiger partial charge on any atom is -0.496 e. The molecular weight excluding hydrogens is 628 g/mol. The molecule has 1 spiro atoms. The largest absolute Gasteiger partial charge is 0.496 e. The van der Waals surface area contributed by atoms with E-state index in [9.17, 15) is 19.2 Å². The van der Waals surface area contributed by atoms with Gasteiger partial charge in [0.15, 0.2) is 5.78 Å². The summed E-state index contributed by atoms with van der Waals surface area (Å²) in [6.45, 7) is 4.86. The number of methoxy groups -OCH3 is 1. The van der Waals surface area contributed by atoms with Crippen molar-refractivity contribution in [1.29, 1.82) is 0 Å². The van der Waals surface area contributed by atoms with E-state index in [1.54, 1.807) is 18.2 Å². The second kappa shape index (κ2) is 13.3. The lowest BCUT2D eigenvalue weighted by Crippen LogP contribution is -2.69. The Kier molecular flexibility index (Phi) is 9.36. The number of aliphatic carboxylic acids is 1. The lowest BCUT2D eigenvalue weighted by Gasteiger charge is -2.54. The summed E-state index contributed by atoms with van der Waals surface area (Å²) in [5, 5.41) is 11.4. The average molecular weight is 669 g/mol. The van der Waals surface area contributed by atoms with E-state index in [0.717, 1.165) is 16.0 Å². The van der Waals surface area contributed by atoms with Gasteiger partial charge in [0.05, 0.1) is 36.8 Å². The van der Waals surface area contributed by atoms with E-state index < -0.39 is 40.9 Å². The quantitative estimate of drug-likeness (QED) is 0.375. The number of carboxylic acids is 1. The van der Waals surface area contributed by atoms with Crippen LogP contribution < -0.4 is 10.1 Å². The number of nitrogens with one attached hydrogen (secondary N) is 1. The van der Waals surface area contributed by atoms with Crippen LogP contribution in [0.25, 0.3) is 4.91 Å². The van der Waals surface area contributed by atoms with E-state index in [4.69, 9.17) is 23.7 Å². The molecule has 2 N–H and O–H groups in total. The summed E-state index contributed by atoms with van der Waals surface area (Å²) in [4.78, 5) is 60.8. The van der Waals surface area contributed by atoms with E-state index >= 15 is 0 Å². The van der Waals surface area contributed by atoms with Crippen LogP contribution in [0.2, 0.25) is 0 Å². The molecule has 3 atom stereocenters. The first-order valence-corrected chi connectivity index (χ1v) is 16.7. The first kappa shape index (κ1) is 33.0. The number of para-hydroxylation sites is 1. The number of likely N-dealkylation sites (tertiary alicyclic amines) is 2. The second-order valence-electron chi connectivity index (χ2n) is 12.5. The maximum absolute atomic E-state index is 15.0. The van der Waals surface area contributed by atoms with E-state index in [1.165, 1.54) is 22.9 Å². The normalized spacial score (nSPS) is 25.2. The van der Waals surface area contributed by atoms with Crippen molar-refractivity contribution in [2.45, 2.75) is 56.6 Å². The maximum Gasteiger partial charge on any atom is 0.323 e. The molecule has 0 aliphatic carbocycles. The van der Waals surface area contributed by atoms with E-state index in [1.807, 2.05) is 38.1 Å². The summed E-state index contributed by atoms with van der Waals surface area (Å²) in [6, 6.07) is 7.06. The molecule has 2 aromatic rings. The number of urea groups is 1. The summed E-state index contributed by atoms with van der Waals surface area (Å²) in [5.74, 6) is -1.29. The minimum absolute atomic E-state index is 0.0933. The van der Waals surface area contributed by atoms with Gasteiger partial charge in [0.1, 0.15) is 34.9 Å². The molecule has 3 amide bonds. The fourth-order valence-electron chi connectivity index (χ4n) is 7.36. The van der Waals surface area contributed by atoms with E-state index in [0.29, 0.717) is 37.7 Å². The first-order chi connectivity index (χ1) is 22.6. The van der Waals surface area contributed by atoms with Gasteiger partial charge in [-0.2, -0.15) is 0 Å². The van der Waals surface area contributed by atoms with Crippen molar-refractivity contribution in [3.63, 3.8) is 0 Å². The summed E-state index contributed by atoms with van der Waals surface area (Å²) in [6.07, 6.45) is 4.02. The topological polar surface area (TPSA) is 161 Å². The van der Waals surface area contributed by atoms with Crippen molar-refractivity contribution in [3.05, 3.63) is 53.8 Å². The van der Waals surface area contributed by atoms with Crippen molar-refractivity contribution in [2.75, 3.05) is 46.5 Å². The first-order valence-electron chi connectivity index (χ1n) is 15.9. The molecule has 3 saturated heterocycles. The highest BCUT2D eigenvalue weighted by Gasteiger charge is 2.66. The van der Waals surface area contributed by atoms with Crippen LogP contribution in [0.3, 0.4) is 0 Å². The van der Waals surface area contributed by atoms with Gasteiger partial charge in [-0.3, -0.25) is 14.4 Å². The van der Waals surface area contributed by atoms with Gasteiger partial charge in [0.25, 0.3) is 0 Å². The molecule has 4 aliphatic heterocycles. The van der Waals surface area contributed by atoms with Crippen LogP contribution in [0, 0.1) is 11.3 Å². The number of Topliss-reactive ketones (excluding diaryl/α,β-unsaturated/α-hetero) is 1. The van der Waals surface area contributed by atoms with Crippen molar-refractivity contribution >= 4 is 40.4 Å².